The van der Waals surface area contributed by atoms with Crippen molar-refractivity contribution in [3.63, 3.8) is 0 Å². The van der Waals surface area contributed by atoms with Crippen LogP contribution in [-0.2, 0) is 0 Å². The summed E-state index contributed by atoms with van der Waals surface area (Å²) in [6, 6.07) is 17.0. The van der Waals surface area contributed by atoms with Gasteiger partial charge < -0.3 is 9.73 Å². The molecule has 9 heteroatoms. The van der Waals surface area contributed by atoms with Gasteiger partial charge in [0.2, 0.25) is 5.89 Å². The number of hydrogen-bond donors (Lipinski definition) is 2. The van der Waals surface area contributed by atoms with Crippen LogP contribution >= 0.6 is 47.0 Å². The van der Waals surface area contributed by atoms with Crippen LogP contribution in [0, 0.1) is 0 Å². The largest absolute Gasteiger partial charge is 0.435 e. The molecule has 1 heterocycles. The molecule has 4 rings (SSSR count). The Morgan fingerprint density at radius 2 is 1.73 bits per heavy atom. The first kappa shape index (κ1) is 20.6. The molecular formula is C21H12Cl3N3O2S. The SMILES string of the molecule is O=C(NC(=S)Nc1cccc(-c2nc3cc(Cl)cc(Cl)c3o2)c1)c1ccc(Cl)cc1. The molecule has 1 aromatic heterocycles. The first-order valence-electron chi connectivity index (χ1n) is 8.63. The third-order valence-electron chi connectivity index (χ3n) is 4.11. The molecule has 3 aromatic carbocycles. The van der Waals surface area contributed by atoms with E-state index in [0.717, 1.165) is 0 Å². The van der Waals surface area contributed by atoms with Crippen molar-refractivity contribution < 1.29 is 9.21 Å². The highest BCUT2D eigenvalue weighted by Gasteiger charge is 2.13. The van der Waals surface area contributed by atoms with Crippen molar-refractivity contribution in [2.75, 3.05) is 5.32 Å². The number of amides is 1. The Morgan fingerprint density at radius 3 is 2.50 bits per heavy atom. The number of fused-ring (bicyclic) bond motifs is 1. The minimum absolute atomic E-state index is 0.152. The average molecular weight is 477 g/mol. The third kappa shape index (κ3) is 4.57. The lowest BCUT2D eigenvalue weighted by molar-refractivity contribution is 0.0977. The number of carbonyl (C=O) groups is 1. The maximum atomic E-state index is 12.3. The Bertz CT molecular complexity index is 1270. The Morgan fingerprint density at radius 1 is 0.967 bits per heavy atom. The third-order valence-corrected chi connectivity index (χ3v) is 5.07. The number of carbonyl (C=O) groups excluding carboxylic acids is 1. The Balaban J connectivity index is 1.51. The van der Waals surface area contributed by atoms with Crippen LogP contribution in [0.3, 0.4) is 0 Å². The molecular weight excluding hydrogens is 465 g/mol. The molecule has 0 unspecified atom stereocenters. The number of rotatable bonds is 3. The predicted octanol–water partition coefficient (Wildman–Crippen LogP) is 6.58. The molecule has 1 amide bonds. The second kappa shape index (κ2) is 8.62. The molecule has 30 heavy (non-hydrogen) atoms. The van der Waals surface area contributed by atoms with E-state index in [1.165, 1.54) is 0 Å². The van der Waals surface area contributed by atoms with E-state index in [1.54, 1.807) is 48.5 Å². The van der Waals surface area contributed by atoms with Gasteiger partial charge in [0.15, 0.2) is 10.7 Å². The number of nitrogens with zero attached hydrogens (tertiary/aromatic N) is 1. The van der Waals surface area contributed by atoms with Gasteiger partial charge in [-0.05, 0) is 66.8 Å². The fourth-order valence-corrected chi connectivity index (χ4v) is 3.61. The summed E-state index contributed by atoms with van der Waals surface area (Å²) in [6.45, 7) is 0. The van der Waals surface area contributed by atoms with E-state index in [9.17, 15) is 4.79 Å². The van der Waals surface area contributed by atoms with Crippen molar-refractivity contribution >= 4 is 74.8 Å². The lowest BCUT2D eigenvalue weighted by atomic mass is 10.2. The molecule has 0 bridgehead atoms. The highest BCUT2D eigenvalue weighted by atomic mass is 35.5. The molecule has 0 aliphatic heterocycles. The highest BCUT2D eigenvalue weighted by molar-refractivity contribution is 7.80. The van der Waals surface area contributed by atoms with Crippen molar-refractivity contribution in [3.8, 4) is 11.5 Å². The number of aromatic nitrogens is 1. The van der Waals surface area contributed by atoms with E-state index in [-0.39, 0.29) is 11.0 Å². The molecule has 0 atom stereocenters. The minimum Gasteiger partial charge on any atom is -0.435 e. The molecule has 0 radical (unpaired) electrons. The van der Waals surface area contributed by atoms with E-state index in [1.807, 2.05) is 12.1 Å². The number of thiocarbonyl (C=S) groups is 1. The summed E-state index contributed by atoms with van der Waals surface area (Å²) in [5.41, 5.74) is 2.82. The Hall–Kier alpha value is -2.64. The number of benzene rings is 3. The number of oxazole rings is 1. The smallest absolute Gasteiger partial charge is 0.257 e. The standard InChI is InChI=1S/C21H12Cl3N3O2S/c22-13-6-4-11(5-7-13)19(28)27-21(30)25-15-3-1-2-12(8-15)20-26-17-10-14(23)9-16(24)18(17)29-20/h1-10H,(H2,25,27,28,30). The van der Waals surface area contributed by atoms with Crippen molar-refractivity contribution in [2.24, 2.45) is 0 Å². The van der Waals surface area contributed by atoms with Crippen LogP contribution in [0.1, 0.15) is 10.4 Å². The minimum atomic E-state index is -0.342. The Kier molecular flexibility index (Phi) is 5.92. The first-order valence-corrected chi connectivity index (χ1v) is 10.2. The van der Waals surface area contributed by atoms with Gasteiger partial charge in [0.05, 0.1) is 5.02 Å². The molecule has 4 aromatic rings. The van der Waals surface area contributed by atoms with E-state index in [4.69, 9.17) is 51.4 Å². The molecule has 5 nitrogen and oxygen atoms in total. The van der Waals surface area contributed by atoms with Gasteiger partial charge in [0.1, 0.15) is 5.52 Å². The van der Waals surface area contributed by atoms with Crippen LogP contribution in [0.5, 0.6) is 0 Å². The fourth-order valence-electron chi connectivity index (χ4n) is 2.75. The van der Waals surface area contributed by atoms with Crippen molar-refractivity contribution in [2.45, 2.75) is 0 Å². The van der Waals surface area contributed by atoms with Gasteiger partial charge >= 0.3 is 0 Å². The van der Waals surface area contributed by atoms with Crippen LogP contribution in [0.2, 0.25) is 15.1 Å². The highest BCUT2D eigenvalue weighted by Crippen LogP contribution is 2.32. The molecule has 2 N–H and O–H groups in total. The van der Waals surface area contributed by atoms with Crippen LogP contribution in [0.25, 0.3) is 22.6 Å². The van der Waals surface area contributed by atoms with Crippen LogP contribution in [0.15, 0.2) is 65.1 Å². The average Bonchev–Trinajstić information content (AvgIpc) is 3.13. The molecule has 0 saturated heterocycles. The monoisotopic (exact) mass is 475 g/mol. The summed E-state index contributed by atoms with van der Waals surface area (Å²) in [5.74, 6) is 0.0414. The van der Waals surface area contributed by atoms with Gasteiger partial charge in [-0.15, -0.1) is 0 Å². The van der Waals surface area contributed by atoms with Gasteiger partial charge in [-0.2, -0.15) is 0 Å². The number of nitrogens with one attached hydrogen (secondary N) is 2. The summed E-state index contributed by atoms with van der Waals surface area (Å²) < 4.78 is 5.79. The zero-order valence-corrected chi connectivity index (χ0v) is 18.2. The lowest BCUT2D eigenvalue weighted by Crippen LogP contribution is -2.34. The van der Waals surface area contributed by atoms with Crippen molar-refractivity contribution in [1.82, 2.24) is 10.3 Å². The van der Waals surface area contributed by atoms with Crippen molar-refractivity contribution in [3.05, 3.63) is 81.3 Å². The van der Waals surface area contributed by atoms with Crippen LogP contribution in [-0.4, -0.2) is 16.0 Å². The maximum Gasteiger partial charge on any atom is 0.257 e. The predicted molar refractivity (Wildman–Crippen MR) is 125 cm³/mol. The molecule has 0 spiro atoms. The number of halogens is 3. The topological polar surface area (TPSA) is 67.2 Å². The maximum absolute atomic E-state index is 12.3. The van der Waals surface area contributed by atoms with Gasteiger partial charge in [0, 0.05) is 26.9 Å². The summed E-state index contributed by atoms with van der Waals surface area (Å²) >= 11 is 23.3. The lowest BCUT2D eigenvalue weighted by Gasteiger charge is -2.10. The molecule has 150 valence electrons. The Labute approximate surface area is 192 Å². The van der Waals surface area contributed by atoms with Crippen molar-refractivity contribution in [1.29, 1.82) is 0 Å². The van der Waals surface area contributed by atoms with Crippen LogP contribution < -0.4 is 10.6 Å². The van der Waals surface area contributed by atoms with Crippen LogP contribution in [0.4, 0.5) is 5.69 Å². The number of hydrogen-bond acceptors (Lipinski definition) is 4. The first-order chi connectivity index (χ1) is 14.4. The van der Waals surface area contributed by atoms with E-state index in [0.29, 0.717) is 48.9 Å². The number of anilines is 1. The fraction of sp³-hybridized carbons (Fsp3) is 0. The summed E-state index contributed by atoms with van der Waals surface area (Å²) in [4.78, 5) is 16.7. The molecule has 0 aliphatic carbocycles. The molecule has 0 saturated carbocycles. The molecule has 0 aliphatic rings. The zero-order valence-electron chi connectivity index (χ0n) is 15.1. The van der Waals surface area contributed by atoms with E-state index in [2.05, 4.69) is 15.6 Å². The van der Waals surface area contributed by atoms with Gasteiger partial charge in [-0.25, -0.2) is 4.98 Å². The quantitative estimate of drug-likeness (QED) is 0.327. The van der Waals surface area contributed by atoms with Gasteiger partial charge in [-0.1, -0.05) is 40.9 Å². The summed E-state index contributed by atoms with van der Waals surface area (Å²) in [6.07, 6.45) is 0. The van der Waals surface area contributed by atoms with Gasteiger partial charge in [-0.3, -0.25) is 10.1 Å². The molecule has 0 fully saturated rings. The zero-order chi connectivity index (χ0) is 21.3. The van der Waals surface area contributed by atoms with E-state index < -0.39 is 0 Å². The summed E-state index contributed by atoms with van der Waals surface area (Å²) in [7, 11) is 0. The summed E-state index contributed by atoms with van der Waals surface area (Å²) in [5, 5.41) is 7.16. The second-order valence-corrected chi connectivity index (χ2v) is 7.94. The van der Waals surface area contributed by atoms with Gasteiger partial charge in [0.25, 0.3) is 5.91 Å². The normalized spacial score (nSPS) is 10.8. The second-order valence-electron chi connectivity index (χ2n) is 6.25. The van der Waals surface area contributed by atoms with E-state index >= 15 is 0 Å².